The van der Waals surface area contributed by atoms with Gasteiger partial charge in [-0.15, -0.1) is 0 Å². The van der Waals surface area contributed by atoms with Crippen molar-refractivity contribution in [2.45, 2.75) is 18.8 Å². The Balaban J connectivity index is 2.12. The highest BCUT2D eigenvalue weighted by Crippen LogP contribution is 2.42. The SMILES string of the molecule is NC(=O)c1n[nH]nc1-c1cc(C2CC2)ccc1O. The van der Waals surface area contributed by atoms with Crippen molar-refractivity contribution >= 4 is 5.91 Å². The molecule has 3 rings (SSSR count). The van der Waals surface area contributed by atoms with Gasteiger partial charge in [-0.3, -0.25) is 4.79 Å². The summed E-state index contributed by atoms with van der Waals surface area (Å²) in [6.07, 6.45) is 2.32. The summed E-state index contributed by atoms with van der Waals surface area (Å²) < 4.78 is 0. The van der Waals surface area contributed by atoms with Gasteiger partial charge in [-0.2, -0.15) is 15.4 Å². The van der Waals surface area contributed by atoms with Crippen molar-refractivity contribution in [2.24, 2.45) is 5.73 Å². The van der Waals surface area contributed by atoms with Gasteiger partial charge in [-0.1, -0.05) is 6.07 Å². The van der Waals surface area contributed by atoms with Crippen LogP contribution >= 0.6 is 0 Å². The molecule has 18 heavy (non-hydrogen) atoms. The van der Waals surface area contributed by atoms with Gasteiger partial charge in [0.15, 0.2) is 5.69 Å². The Morgan fingerprint density at radius 1 is 1.39 bits per heavy atom. The van der Waals surface area contributed by atoms with Crippen LogP contribution < -0.4 is 5.73 Å². The third-order valence-corrected chi connectivity index (χ3v) is 3.11. The number of nitrogens with zero attached hydrogens (tertiary/aromatic N) is 2. The van der Waals surface area contributed by atoms with Gasteiger partial charge in [0.05, 0.1) is 0 Å². The largest absolute Gasteiger partial charge is 0.507 e. The van der Waals surface area contributed by atoms with E-state index < -0.39 is 5.91 Å². The number of nitrogens with two attached hydrogens (primary N) is 1. The molecule has 1 fully saturated rings. The molecule has 6 nitrogen and oxygen atoms in total. The van der Waals surface area contributed by atoms with Crippen molar-refractivity contribution in [1.29, 1.82) is 0 Å². The summed E-state index contributed by atoms with van der Waals surface area (Å²) in [6.45, 7) is 0. The highest BCUT2D eigenvalue weighted by molar-refractivity contribution is 5.97. The van der Waals surface area contributed by atoms with Gasteiger partial charge in [0.1, 0.15) is 11.4 Å². The van der Waals surface area contributed by atoms with Gasteiger partial charge in [0.25, 0.3) is 5.91 Å². The second-order valence-corrected chi connectivity index (χ2v) is 4.44. The standard InChI is InChI=1S/C12H12N4O2/c13-12(18)11-10(14-16-15-11)8-5-7(6-1-2-6)3-4-9(8)17/h3-6,17H,1-2H2,(H2,13,18)(H,14,15,16). The van der Waals surface area contributed by atoms with Crippen molar-refractivity contribution in [3.63, 3.8) is 0 Å². The Hall–Kier alpha value is -2.37. The van der Waals surface area contributed by atoms with E-state index in [0.717, 1.165) is 18.4 Å². The first kappa shape index (κ1) is 10.8. The minimum atomic E-state index is -0.671. The fourth-order valence-electron chi connectivity index (χ4n) is 2.00. The van der Waals surface area contributed by atoms with Gasteiger partial charge in [0.2, 0.25) is 0 Å². The number of nitrogens with one attached hydrogen (secondary N) is 1. The van der Waals surface area contributed by atoms with Crippen molar-refractivity contribution in [3.05, 3.63) is 29.5 Å². The highest BCUT2D eigenvalue weighted by Gasteiger charge is 2.25. The summed E-state index contributed by atoms with van der Waals surface area (Å²) in [4.78, 5) is 11.2. The van der Waals surface area contributed by atoms with Crippen LogP contribution in [0.2, 0.25) is 0 Å². The van der Waals surface area contributed by atoms with Crippen LogP contribution in [0.3, 0.4) is 0 Å². The number of benzene rings is 1. The molecule has 92 valence electrons. The van der Waals surface area contributed by atoms with Crippen LogP contribution in [0.1, 0.15) is 34.8 Å². The maximum Gasteiger partial charge on any atom is 0.271 e. The minimum absolute atomic E-state index is 0.0400. The number of primary amides is 1. The van der Waals surface area contributed by atoms with Crippen LogP contribution in [0.15, 0.2) is 18.2 Å². The zero-order valence-electron chi connectivity index (χ0n) is 9.55. The molecule has 0 radical (unpaired) electrons. The number of phenols is 1. The molecule has 0 atom stereocenters. The second-order valence-electron chi connectivity index (χ2n) is 4.44. The van der Waals surface area contributed by atoms with Gasteiger partial charge in [0, 0.05) is 5.56 Å². The van der Waals surface area contributed by atoms with Crippen molar-refractivity contribution in [1.82, 2.24) is 15.4 Å². The molecule has 4 N–H and O–H groups in total. The molecule has 1 aromatic heterocycles. The molecule has 0 saturated heterocycles. The summed E-state index contributed by atoms with van der Waals surface area (Å²) in [5, 5.41) is 19.8. The lowest BCUT2D eigenvalue weighted by atomic mass is 10.0. The van der Waals surface area contributed by atoms with Crippen molar-refractivity contribution in [3.8, 4) is 17.0 Å². The lowest BCUT2D eigenvalue weighted by Crippen LogP contribution is -2.12. The fourth-order valence-corrected chi connectivity index (χ4v) is 2.00. The zero-order chi connectivity index (χ0) is 12.7. The molecule has 0 aliphatic heterocycles. The first-order valence-corrected chi connectivity index (χ1v) is 5.70. The van der Waals surface area contributed by atoms with Crippen LogP contribution in [0.4, 0.5) is 0 Å². The lowest BCUT2D eigenvalue weighted by Gasteiger charge is -2.05. The molecule has 1 aliphatic carbocycles. The Morgan fingerprint density at radius 2 is 2.17 bits per heavy atom. The zero-order valence-corrected chi connectivity index (χ0v) is 9.55. The molecular formula is C12H12N4O2. The average Bonchev–Trinajstić information content (AvgIpc) is 3.06. The van der Waals surface area contributed by atoms with E-state index in [2.05, 4.69) is 15.4 Å². The smallest absolute Gasteiger partial charge is 0.271 e. The topological polar surface area (TPSA) is 105 Å². The lowest BCUT2D eigenvalue weighted by molar-refractivity contribution is 0.0996. The molecule has 0 unspecified atom stereocenters. The number of aromatic nitrogens is 3. The third kappa shape index (κ3) is 1.71. The van der Waals surface area contributed by atoms with Gasteiger partial charge < -0.3 is 10.8 Å². The molecule has 1 saturated carbocycles. The highest BCUT2D eigenvalue weighted by atomic mass is 16.3. The van der Waals surface area contributed by atoms with Gasteiger partial charge >= 0.3 is 0 Å². The van der Waals surface area contributed by atoms with Crippen LogP contribution in [-0.2, 0) is 0 Å². The van der Waals surface area contributed by atoms with Crippen molar-refractivity contribution in [2.75, 3.05) is 0 Å². The molecule has 0 bridgehead atoms. The summed E-state index contributed by atoms with van der Waals surface area (Å²) >= 11 is 0. The minimum Gasteiger partial charge on any atom is -0.507 e. The van der Waals surface area contributed by atoms with Crippen molar-refractivity contribution < 1.29 is 9.90 Å². The van der Waals surface area contributed by atoms with E-state index in [0.29, 0.717) is 17.2 Å². The first-order valence-electron chi connectivity index (χ1n) is 5.70. The maximum absolute atomic E-state index is 11.2. The molecule has 1 aromatic carbocycles. The molecule has 2 aromatic rings. The second kappa shape index (κ2) is 3.83. The number of aromatic amines is 1. The van der Waals surface area contributed by atoms with E-state index in [-0.39, 0.29) is 11.4 Å². The number of H-pyrrole nitrogens is 1. The molecule has 1 heterocycles. The fraction of sp³-hybridized carbons (Fsp3) is 0.250. The van der Waals surface area contributed by atoms with Crippen LogP contribution in [-0.4, -0.2) is 26.4 Å². The van der Waals surface area contributed by atoms with E-state index in [1.54, 1.807) is 6.07 Å². The summed E-state index contributed by atoms with van der Waals surface area (Å²) in [5.74, 6) is -0.0564. The van der Waals surface area contributed by atoms with Crippen LogP contribution in [0, 0.1) is 0 Å². The number of carbonyl (C=O) groups is 1. The summed E-state index contributed by atoms with van der Waals surface area (Å²) in [6, 6.07) is 5.35. The number of phenolic OH excluding ortho intramolecular Hbond substituents is 1. The number of rotatable bonds is 3. The van der Waals surface area contributed by atoms with Gasteiger partial charge in [-0.05, 0) is 36.5 Å². The Kier molecular flexibility index (Phi) is 2.29. The van der Waals surface area contributed by atoms with E-state index in [1.807, 2.05) is 12.1 Å². The Morgan fingerprint density at radius 3 is 2.83 bits per heavy atom. The molecule has 1 amide bonds. The number of aromatic hydroxyl groups is 1. The number of amides is 1. The average molecular weight is 244 g/mol. The quantitative estimate of drug-likeness (QED) is 0.753. The number of hydrogen-bond acceptors (Lipinski definition) is 4. The Labute approximate surface area is 103 Å². The predicted octanol–water partition coefficient (Wildman–Crippen LogP) is 1.15. The first-order chi connectivity index (χ1) is 8.66. The van der Waals surface area contributed by atoms with E-state index in [4.69, 9.17) is 5.73 Å². The molecule has 1 aliphatic rings. The molecular weight excluding hydrogens is 232 g/mol. The maximum atomic E-state index is 11.2. The van der Waals surface area contributed by atoms with Crippen LogP contribution in [0.25, 0.3) is 11.3 Å². The molecule has 0 spiro atoms. The number of hydrogen-bond donors (Lipinski definition) is 3. The number of carbonyl (C=O) groups excluding carboxylic acids is 1. The normalized spacial score (nSPS) is 14.7. The monoisotopic (exact) mass is 244 g/mol. The van der Waals surface area contributed by atoms with E-state index in [1.165, 1.54) is 0 Å². The van der Waals surface area contributed by atoms with Crippen LogP contribution in [0.5, 0.6) is 5.75 Å². The van der Waals surface area contributed by atoms with E-state index in [9.17, 15) is 9.90 Å². The summed E-state index contributed by atoms with van der Waals surface area (Å²) in [5.41, 5.74) is 7.18. The third-order valence-electron chi connectivity index (χ3n) is 3.11. The summed E-state index contributed by atoms with van der Waals surface area (Å²) in [7, 11) is 0. The van der Waals surface area contributed by atoms with Gasteiger partial charge in [-0.25, -0.2) is 0 Å². The predicted molar refractivity (Wildman–Crippen MR) is 64.0 cm³/mol. The van der Waals surface area contributed by atoms with E-state index >= 15 is 0 Å². The molecule has 6 heteroatoms. The Bertz CT molecular complexity index is 616.